The molecular weight excluding hydrogens is 460 g/mol. The van der Waals surface area contributed by atoms with E-state index in [1.54, 1.807) is 11.8 Å². The number of carbonyl (C=O) groups is 3. The van der Waals surface area contributed by atoms with Crippen LogP contribution in [0.3, 0.4) is 0 Å². The van der Waals surface area contributed by atoms with Crippen LogP contribution in [-0.4, -0.2) is 77.7 Å². The van der Waals surface area contributed by atoms with Gasteiger partial charge in [-0.2, -0.15) is 23.5 Å². The van der Waals surface area contributed by atoms with Gasteiger partial charge in [0.15, 0.2) is 0 Å². The first-order valence-electron chi connectivity index (χ1n) is 10.7. The average Bonchev–Trinajstić information content (AvgIpc) is 3.13. The minimum atomic E-state index is -1.02. The van der Waals surface area contributed by atoms with E-state index in [2.05, 4.69) is 29.6 Å². The number of carboxylic acid groups (broad SMARTS) is 1. The van der Waals surface area contributed by atoms with Crippen molar-refractivity contribution < 1.29 is 24.2 Å². The average molecular weight is 489 g/mol. The summed E-state index contributed by atoms with van der Waals surface area (Å²) in [6, 6.07) is 16.3. The molecule has 2 aromatic carbocycles. The lowest BCUT2D eigenvalue weighted by Crippen LogP contribution is -2.38. The second kappa shape index (κ2) is 12.6. The molecule has 0 radical (unpaired) electrons. The van der Waals surface area contributed by atoms with Crippen molar-refractivity contribution in [1.29, 1.82) is 0 Å². The normalized spacial score (nSPS) is 12.0. The highest BCUT2D eigenvalue weighted by molar-refractivity contribution is 8.00. The molecule has 1 aliphatic rings. The number of carboxylic acids is 1. The van der Waals surface area contributed by atoms with Gasteiger partial charge in [-0.05, 0) is 28.5 Å². The Morgan fingerprint density at radius 1 is 1.03 bits per heavy atom. The van der Waals surface area contributed by atoms with Gasteiger partial charge >= 0.3 is 12.1 Å². The number of alkyl carbamates (subject to hydrolysis) is 1. The van der Waals surface area contributed by atoms with Crippen LogP contribution in [0.25, 0.3) is 11.1 Å². The van der Waals surface area contributed by atoms with Gasteiger partial charge in [0.2, 0.25) is 5.91 Å². The van der Waals surface area contributed by atoms with E-state index in [9.17, 15) is 14.4 Å². The number of ether oxygens (including phenoxy) is 1. The Hall–Kier alpha value is -2.65. The summed E-state index contributed by atoms with van der Waals surface area (Å²) in [5.41, 5.74) is 4.68. The van der Waals surface area contributed by atoms with Crippen LogP contribution in [0.15, 0.2) is 48.5 Å². The first-order chi connectivity index (χ1) is 16.0. The van der Waals surface area contributed by atoms with Gasteiger partial charge in [0.1, 0.15) is 13.2 Å². The summed E-state index contributed by atoms with van der Waals surface area (Å²) < 4.78 is 5.49. The fourth-order valence-electron chi connectivity index (χ4n) is 3.78. The molecule has 0 saturated heterocycles. The van der Waals surface area contributed by atoms with Crippen LogP contribution >= 0.6 is 23.5 Å². The fraction of sp³-hybridized carbons (Fsp3) is 0.375. The van der Waals surface area contributed by atoms with E-state index >= 15 is 0 Å². The van der Waals surface area contributed by atoms with E-state index in [0.717, 1.165) is 11.1 Å². The Balaban J connectivity index is 1.39. The molecule has 0 bridgehead atoms. The molecule has 2 amide bonds. The van der Waals surface area contributed by atoms with Gasteiger partial charge in [-0.15, -0.1) is 0 Å². The van der Waals surface area contributed by atoms with Crippen molar-refractivity contribution in [2.45, 2.75) is 5.92 Å². The molecule has 7 nitrogen and oxygen atoms in total. The number of benzene rings is 2. The van der Waals surface area contributed by atoms with Gasteiger partial charge in [-0.1, -0.05) is 48.5 Å². The molecule has 1 aliphatic carbocycles. The van der Waals surface area contributed by atoms with Gasteiger partial charge in [0.05, 0.1) is 5.75 Å². The maximum Gasteiger partial charge on any atom is 0.407 e. The van der Waals surface area contributed by atoms with Crippen LogP contribution in [-0.2, 0) is 14.3 Å². The van der Waals surface area contributed by atoms with Crippen molar-refractivity contribution in [2.75, 3.05) is 49.8 Å². The van der Waals surface area contributed by atoms with E-state index in [1.165, 1.54) is 27.8 Å². The monoisotopic (exact) mass is 488 g/mol. The first-order valence-corrected chi connectivity index (χ1v) is 13.2. The smallest absolute Gasteiger partial charge is 0.407 e. The molecule has 9 heteroatoms. The Morgan fingerprint density at radius 3 is 2.27 bits per heavy atom. The third-order valence-corrected chi connectivity index (χ3v) is 6.86. The lowest BCUT2D eigenvalue weighted by Gasteiger charge is -2.20. The summed E-state index contributed by atoms with van der Waals surface area (Å²) in [5, 5.41) is 11.7. The number of hydrogen-bond donors (Lipinski definition) is 2. The highest BCUT2D eigenvalue weighted by Gasteiger charge is 2.28. The topological polar surface area (TPSA) is 95.9 Å². The van der Waals surface area contributed by atoms with Crippen LogP contribution in [0.4, 0.5) is 4.79 Å². The number of carbonyl (C=O) groups excluding carboxylic acids is 2. The van der Waals surface area contributed by atoms with Gasteiger partial charge in [-0.25, -0.2) is 4.79 Å². The molecule has 0 atom stereocenters. The molecule has 0 unspecified atom stereocenters. The van der Waals surface area contributed by atoms with Crippen molar-refractivity contribution in [3.63, 3.8) is 0 Å². The van der Waals surface area contributed by atoms with Crippen LogP contribution in [0.5, 0.6) is 0 Å². The van der Waals surface area contributed by atoms with E-state index in [1.807, 2.05) is 30.5 Å². The van der Waals surface area contributed by atoms with E-state index in [4.69, 9.17) is 9.84 Å². The quantitative estimate of drug-likeness (QED) is 0.441. The predicted octanol–water partition coefficient (Wildman–Crippen LogP) is 3.53. The first kappa shape index (κ1) is 25.0. The largest absolute Gasteiger partial charge is 0.480 e. The van der Waals surface area contributed by atoms with Crippen molar-refractivity contribution >= 4 is 41.5 Å². The number of aliphatic carboxylic acids is 1. The van der Waals surface area contributed by atoms with Gasteiger partial charge < -0.3 is 20.1 Å². The van der Waals surface area contributed by atoms with Gasteiger partial charge in [0, 0.05) is 30.5 Å². The van der Waals surface area contributed by atoms with Crippen molar-refractivity contribution in [1.82, 2.24) is 10.2 Å². The maximum absolute atomic E-state index is 12.3. The lowest BCUT2D eigenvalue weighted by atomic mass is 9.98. The number of amides is 2. The van der Waals surface area contributed by atoms with E-state index in [-0.39, 0.29) is 30.7 Å². The second-order valence-corrected chi connectivity index (χ2v) is 9.60. The zero-order chi connectivity index (χ0) is 23.6. The summed E-state index contributed by atoms with van der Waals surface area (Å²) in [6.07, 6.45) is 1.42. The number of hydrogen-bond acceptors (Lipinski definition) is 6. The standard InChI is InChI=1S/C24H28N2O5S2/c1-32-13-11-26(14-23(28)29)22(27)16-33-12-10-25-24(30)31-15-21-19-8-4-2-6-17(19)18-7-3-5-9-20(18)21/h2-9,21H,10-16H2,1H3,(H,25,30)(H,28,29). The molecule has 0 saturated carbocycles. The number of nitrogens with one attached hydrogen (secondary N) is 1. The zero-order valence-electron chi connectivity index (χ0n) is 18.5. The third kappa shape index (κ3) is 6.91. The summed E-state index contributed by atoms with van der Waals surface area (Å²) in [7, 11) is 0. The summed E-state index contributed by atoms with van der Waals surface area (Å²) in [4.78, 5) is 36.7. The van der Waals surface area contributed by atoms with Crippen LogP contribution in [0.2, 0.25) is 0 Å². The second-order valence-electron chi connectivity index (χ2n) is 7.51. The Kier molecular flexibility index (Phi) is 9.50. The number of thioether (sulfide) groups is 2. The molecule has 0 fully saturated rings. The number of rotatable bonds is 12. The van der Waals surface area contributed by atoms with Gasteiger partial charge in [0.25, 0.3) is 0 Å². The number of nitrogens with zero attached hydrogens (tertiary/aromatic N) is 1. The predicted molar refractivity (Wildman–Crippen MR) is 133 cm³/mol. The third-order valence-electron chi connectivity index (χ3n) is 5.33. The Labute approximate surface area is 202 Å². The van der Waals surface area contributed by atoms with Crippen LogP contribution in [0, 0.1) is 0 Å². The molecule has 33 heavy (non-hydrogen) atoms. The molecule has 3 rings (SSSR count). The minimum absolute atomic E-state index is 0.0108. The van der Waals surface area contributed by atoms with Gasteiger partial charge in [-0.3, -0.25) is 9.59 Å². The molecular formula is C24H28N2O5S2. The summed E-state index contributed by atoms with van der Waals surface area (Å²) in [5.74, 6) is 0.168. The van der Waals surface area contributed by atoms with Crippen LogP contribution in [0.1, 0.15) is 17.0 Å². The highest BCUT2D eigenvalue weighted by Crippen LogP contribution is 2.44. The summed E-state index contributed by atoms with van der Waals surface area (Å²) in [6.45, 7) is 0.728. The molecule has 2 N–H and O–H groups in total. The van der Waals surface area contributed by atoms with Crippen molar-refractivity contribution in [3.8, 4) is 11.1 Å². The zero-order valence-corrected chi connectivity index (χ0v) is 20.1. The molecule has 0 aromatic heterocycles. The van der Waals surface area contributed by atoms with E-state index < -0.39 is 12.1 Å². The Morgan fingerprint density at radius 2 is 1.67 bits per heavy atom. The molecule has 176 valence electrons. The number of fused-ring (bicyclic) bond motifs is 3. The maximum atomic E-state index is 12.3. The lowest BCUT2D eigenvalue weighted by molar-refractivity contribution is -0.143. The molecule has 2 aromatic rings. The minimum Gasteiger partial charge on any atom is -0.480 e. The molecule has 0 aliphatic heterocycles. The van der Waals surface area contributed by atoms with Crippen molar-refractivity contribution in [3.05, 3.63) is 59.7 Å². The van der Waals surface area contributed by atoms with Crippen molar-refractivity contribution in [2.24, 2.45) is 0 Å². The SMILES string of the molecule is CSCCN(CC(=O)O)C(=O)CSCCNC(=O)OCC1c2ccccc2-c2ccccc21. The molecule has 0 heterocycles. The van der Waals surface area contributed by atoms with E-state index in [0.29, 0.717) is 24.6 Å². The molecule has 0 spiro atoms. The highest BCUT2D eigenvalue weighted by atomic mass is 32.2. The summed E-state index contributed by atoms with van der Waals surface area (Å²) >= 11 is 2.92. The Bertz CT molecular complexity index is 939. The fourth-order valence-corrected chi connectivity index (χ4v) is 4.93. The van der Waals surface area contributed by atoms with Crippen LogP contribution < -0.4 is 5.32 Å².